The van der Waals surface area contributed by atoms with E-state index >= 15 is 0 Å². The Morgan fingerprint density at radius 1 is 1.31 bits per heavy atom. The van der Waals surface area contributed by atoms with Crippen LogP contribution in [0.5, 0.6) is 0 Å². The van der Waals surface area contributed by atoms with Gasteiger partial charge in [0, 0.05) is 17.3 Å². The maximum atomic E-state index is 12.6. The van der Waals surface area contributed by atoms with Gasteiger partial charge in [0.2, 0.25) is 0 Å². The quantitative estimate of drug-likeness (QED) is 0.325. The molecule has 0 spiro atoms. The van der Waals surface area contributed by atoms with Gasteiger partial charge in [0.15, 0.2) is 4.77 Å². The second-order valence-corrected chi connectivity index (χ2v) is 6.01. The molecule has 134 valence electrons. The summed E-state index contributed by atoms with van der Waals surface area (Å²) in [5.74, 6) is -1.39. The van der Waals surface area contributed by atoms with Crippen molar-refractivity contribution in [3.05, 3.63) is 71.9 Å². The molecule has 2 heterocycles. The van der Waals surface area contributed by atoms with E-state index in [4.69, 9.17) is 17.0 Å². The number of H-pyrrole nitrogens is 2. The Morgan fingerprint density at radius 3 is 2.65 bits per heavy atom. The first-order valence-electron chi connectivity index (χ1n) is 7.51. The monoisotopic (exact) mass is 374 g/mol. The number of carbonyl (C=O) groups is 1. The summed E-state index contributed by atoms with van der Waals surface area (Å²) in [7, 11) is 1.21. The molecule has 1 aliphatic rings. The van der Waals surface area contributed by atoms with Crippen LogP contribution in [-0.4, -0.2) is 28.0 Å². The molecular weight excluding hydrogens is 360 g/mol. The normalized spacial score (nSPS) is 15.8. The number of nitro groups is 1. The molecule has 0 amide bonds. The summed E-state index contributed by atoms with van der Waals surface area (Å²) in [6, 6.07) is 5.95. The summed E-state index contributed by atoms with van der Waals surface area (Å²) >= 11 is 4.98. The molecule has 1 aliphatic heterocycles. The maximum absolute atomic E-state index is 12.6. The fourth-order valence-electron chi connectivity index (χ4n) is 3.08. The Kier molecular flexibility index (Phi) is 4.43. The van der Waals surface area contributed by atoms with Gasteiger partial charge in [-0.25, -0.2) is 4.79 Å². The number of nitrogens with one attached hydrogen (secondary N) is 3. The highest BCUT2D eigenvalue weighted by Crippen LogP contribution is 2.42. The number of nitro benzene ring substituents is 1. The number of benzene rings is 1. The van der Waals surface area contributed by atoms with E-state index in [2.05, 4.69) is 15.3 Å². The predicted octanol–water partition coefficient (Wildman–Crippen LogP) is 2.35. The number of ether oxygens (including phenoxy) is 1. The molecule has 0 unspecified atom stereocenters. The predicted molar refractivity (Wildman–Crippen MR) is 95.5 cm³/mol. The van der Waals surface area contributed by atoms with Crippen LogP contribution in [0.25, 0.3) is 0 Å². The van der Waals surface area contributed by atoms with Gasteiger partial charge in [-0.1, -0.05) is 18.2 Å². The third kappa shape index (κ3) is 2.80. The Hall–Kier alpha value is -3.27. The number of esters is 1. The first kappa shape index (κ1) is 17.5. The summed E-state index contributed by atoms with van der Waals surface area (Å²) in [4.78, 5) is 41.2. The summed E-state index contributed by atoms with van der Waals surface area (Å²) in [6.45, 7) is 1.62. The van der Waals surface area contributed by atoms with Gasteiger partial charge < -0.3 is 15.0 Å². The van der Waals surface area contributed by atoms with E-state index in [0.29, 0.717) is 5.70 Å². The van der Waals surface area contributed by atoms with Crippen LogP contribution in [0.2, 0.25) is 0 Å². The van der Waals surface area contributed by atoms with E-state index in [1.54, 1.807) is 13.0 Å². The van der Waals surface area contributed by atoms with Crippen LogP contribution in [-0.2, 0) is 9.53 Å². The molecular formula is C16H14N4O5S. The van der Waals surface area contributed by atoms with Crippen molar-refractivity contribution in [3.8, 4) is 0 Å². The number of nitrogens with zero attached hydrogens (tertiary/aromatic N) is 1. The number of methoxy groups -OCH3 is 1. The van der Waals surface area contributed by atoms with Crippen molar-refractivity contribution in [1.82, 2.24) is 9.97 Å². The van der Waals surface area contributed by atoms with Crippen molar-refractivity contribution in [2.75, 3.05) is 12.4 Å². The SMILES string of the molecule is COC(=O)C1=C(C)Nc2[nH]c(=S)[nH]c(=O)c2[C@@H]1c1ccccc1[N+](=O)[O-]. The van der Waals surface area contributed by atoms with Gasteiger partial charge >= 0.3 is 5.97 Å². The average Bonchev–Trinajstić information content (AvgIpc) is 2.59. The van der Waals surface area contributed by atoms with Gasteiger partial charge in [0.05, 0.1) is 29.1 Å². The summed E-state index contributed by atoms with van der Waals surface area (Å²) in [5.41, 5.74) is 0.0960. The molecule has 0 aliphatic carbocycles. The van der Waals surface area contributed by atoms with Gasteiger partial charge in [-0.15, -0.1) is 0 Å². The van der Waals surface area contributed by atoms with Crippen molar-refractivity contribution in [3.63, 3.8) is 0 Å². The molecule has 26 heavy (non-hydrogen) atoms. The molecule has 1 aromatic heterocycles. The third-order valence-electron chi connectivity index (χ3n) is 4.12. The lowest BCUT2D eigenvalue weighted by molar-refractivity contribution is -0.385. The van der Waals surface area contributed by atoms with Crippen molar-refractivity contribution in [2.24, 2.45) is 0 Å². The number of hydrogen-bond donors (Lipinski definition) is 3. The molecule has 0 fully saturated rings. The first-order chi connectivity index (χ1) is 12.3. The van der Waals surface area contributed by atoms with Crippen LogP contribution in [0.1, 0.15) is 24.0 Å². The molecule has 3 rings (SSSR count). The van der Waals surface area contributed by atoms with Crippen LogP contribution < -0.4 is 10.9 Å². The highest BCUT2D eigenvalue weighted by atomic mass is 32.1. The first-order valence-corrected chi connectivity index (χ1v) is 7.92. The van der Waals surface area contributed by atoms with Gasteiger partial charge in [0.25, 0.3) is 11.2 Å². The molecule has 0 bridgehead atoms. The lowest BCUT2D eigenvalue weighted by atomic mass is 9.81. The highest BCUT2D eigenvalue weighted by Gasteiger charge is 2.38. The van der Waals surface area contributed by atoms with Crippen molar-refractivity contribution < 1.29 is 14.5 Å². The van der Waals surface area contributed by atoms with Gasteiger partial charge in [0.1, 0.15) is 5.82 Å². The van der Waals surface area contributed by atoms with Crippen LogP contribution >= 0.6 is 12.2 Å². The molecule has 2 aromatic rings. The van der Waals surface area contributed by atoms with Crippen LogP contribution in [0.3, 0.4) is 0 Å². The topological polar surface area (TPSA) is 130 Å². The minimum atomic E-state index is -0.990. The second kappa shape index (κ2) is 6.56. The van der Waals surface area contributed by atoms with E-state index < -0.39 is 22.4 Å². The van der Waals surface area contributed by atoms with E-state index in [0.717, 1.165) is 0 Å². The second-order valence-electron chi connectivity index (χ2n) is 5.60. The molecule has 10 heteroatoms. The average molecular weight is 374 g/mol. The smallest absolute Gasteiger partial charge is 0.336 e. The number of fused-ring (bicyclic) bond motifs is 1. The number of carbonyl (C=O) groups excluding carboxylic acids is 1. The zero-order valence-electron chi connectivity index (χ0n) is 13.8. The van der Waals surface area contributed by atoms with E-state index in [1.165, 1.54) is 25.3 Å². The minimum absolute atomic E-state index is 0.0943. The largest absolute Gasteiger partial charge is 0.466 e. The zero-order valence-corrected chi connectivity index (χ0v) is 14.6. The molecule has 9 nitrogen and oxygen atoms in total. The number of allylic oxidation sites excluding steroid dienone is 1. The third-order valence-corrected chi connectivity index (χ3v) is 4.33. The van der Waals surface area contributed by atoms with Gasteiger partial charge in [-0.05, 0) is 19.1 Å². The fraction of sp³-hybridized carbons (Fsp3) is 0.188. The highest BCUT2D eigenvalue weighted by molar-refractivity contribution is 7.71. The number of aromatic nitrogens is 2. The van der Waals surface area contributed by atoms with Crippen LogP contribution in [0.4, 0.5) is 11.5 Å². The summed E-state index contributed by atoms with van der Waals surface area (Å²) in [6.07, 6.45) is 0. The van der Waals surface area contributed by atoms with Gasteiger partial charge in [-0.2, -0.15) is 0 Å². The van der Waals surface area contributed by atoms with Crippen LogP contribution in [0.15, 0.2) is 40.3 Å². The number of hydrogen-bond acceptors (Lipinski definition) is 7. The number of para-hydroxylation sites is 1. The lowest BCUT2D eigenvalue weighted by Gasteiger charge is -2.28. The molecule has 1 aromatic carbocycles. The number of anilines is 1. The molecule has 0 saturated heterocycles. The fourth-order valence-corrected chi connectivity index (χ4v) is 3.27. The Balaban J connectivity index is 2.40. The minimum Gasteiger partial charge on any atom is -0.466 e. The molecule has 3 N–H and O–H groups in total. The number of rotatable bonds is 3. The maximum Gasteiger partial charge on any atom is 0.336 e. The van der Waals surface area contributed by atoms with E-state index in [1.807, 2.05) is 0 Å². The van der Waals surface area contributed by atoms with Crippen molar-refractivity contribution in [2.45, 2.75) is 12.8 Å². The van der Waals surface area contributed by atoms with E-state index in [-0.39, 0.29) is 33.0 Å². The summed E-state index contributed by atoms with van der Waals surface area (Å²) < 4.78 is 4.94. The lowest BCUT2D eigenvalue weighted by Crippen LogP contribution is -2.31. The zero-order chi connectivity index (χ0) is 19.0. The number of aromatic amines is 2. The van der Waals surface area contributed by atoms with Crippen molar-refractivity contribution >= 4 is 29.7 Å². The Labute approximate surface area is 151 Å². The summed E-state index contributed by atoms with van der Waals surface area (Å²) in [5, 5.41) is 14.4. The molecule has 0 saturated carbocycles. The molecule has 1 atom stereocenters. The Morgan fingerprint density at radius 2 is 2.00 bits per heavy atom. The van der Waals surface area contributed by atoms with Gasteiger partial charge in [-0.3, -0.25) is 19.9 Å². The van der Waals surface area contributed by atoms with E-state index in [9.17, 15) is 19.7 Å². The Bertz CT molecular complexity index is 1070. The van der Waals surface area contributed by atoms with Crippen LogP contribution in [0, 0.1) is 14.9 Å². The molecule has 0 radical (unpaired) electrons. The van der Waals surface area contributed by atoms with Crippen molar-refractivity contribution in [1.29, 1.82) is 0 Å². The standard InChI is InChI=1S/C16H14N4O5S/c1-7-10(15(22)25-2)11(8-5-3-4-6-9(8)20(23)24)12-13(17-7)18-16(26)19-14(12)21/h3-6,11H,1-2H3,(H3,17,18,19,21,26)/t11-/m1/s1.